The molecule has 0 radical (unpaired) electrons. The highest BCUT2D eigenvalue weighted by atomic mass is 32.1. The molecule has 0 amide bonds. The van der Waals surface area contributed by atoms with E-state index in [4.69, 9.17) is 0 Å². The molecule has 0 aliphatic carbocycles. The van der Waals surface area contributed by atoms with Crippen molar-refractivity contribution >= 4 is 70.1 Å². The maximum atomic E-state index is 2.41. The zero-order valence-corrected chi connectivity index (χ0v) is 32.5. The van der Waals surface area contributed by atoms with Crippen LogP contribution in [0.4, 0.5) is 17.1 Å². The lowest BCUT2D eigenvalue weighted by Gasteiger charge is -2.29. The molecule has 0 N–H and O–H groups in total. The van der Waals surface area contributed by atoms with Crippen molar-refractivity contribution in [3.8, 4) is 44.5 Å². The monoisotopic (exact) mass is 755 g/mol. The van der Waals surface area contributed by atoms with Crippen LogP contribution in [0.5, 0.6) is 0 Å². The lowest BCUT2D eigenvalue weighted by molar-refractivity contribution is 1.28. The maximum absolute atomic E-state index is 2.41. The van der Waals surface area contributed by atoms with Gasteiger partial charge in [0.2, 0.25) is 0 Å². The molecule has 272 valence electrons. The van der Waals surface area contributed by atoms with E-state index >= 15 is 0 Å². The lowest BCUT2D eigenvalue weighted by atomic mass is 9.95. The van der Waals surface area contributed by atoms with E-state index in [1.165, 1.54) is 86.2 Å². The highest BCUT2D eigenvalue weighted by molar-refractivity contribution is 7.26. The summed E-state index contributed by atoms with van der Waals surface area (Å²) in [6.07, 6.45) is 0. The van der Waals surface area contributed by atoms with E-state index in [0.717, 1.165) is 17.1 Å². The third-order valence-corrected chi connectivity index (χ3v) is 12.7. The van der Waals surface area contributed by atoms with Gasteiger partial charge < -0.3 is 4.90 Å². The van der Waals surface area contributed by atoms with Gasteiger partial charge in [-0.25, -0.2) is 0 Å². The van der Waals surface area contributed by atoms with Crippen LogP contribution in [0.3, 0.4) is 0 Å². The first kappa shape index (κ1) is 34.0. The summed E-state index contributed by atoms with van der Waals surface area (Å²) in [7, 11) is 0. The molecule has 1 aromatic heterocycles. The third-order valence-electron chi connectivity index (χ3n) is 11.5. The van der Waals surface area contributed by atoms with E-state index in [-0.39, 0.29) is 0 Å². The Morgan fingerprint density at radius 1 is 0.293 bits per heavy atom. The molecule has 11 aromatic rings. The number of anilines is 3. The SMILES string of the molecule is c1ccc(-c2ccc(N(c3ccc(-c4ccc5c(ccc6ccccc65)c4)cc3)c3ccc(-c4cccc5c4sc4ccccc45)cc3)c(-c3ccccc3)c2)cc1. The van der Waals surface area contributed by atoms with Crippen molar-refractivity contribution in [2.45, 2.75) is 0 Å². The molecule has 1 nitrogen and oxygen atoms in total. The number of nitrogens with zero attached hydrogens (tertiary/aromatic N) is 1. The van der Waals surface area contributed by atoms with E-state index in [2.05, 4.69) is 229 Å². The van der Waals surface area contributed by atoms with E-state index in [9.17, 15) is 0 Å². The second-order valence-corrected chi connectivity index (χ2v) is 15.9. The van der Waals surface area contributed by atoms with Crippen LogP contribution in [0.15, 0.2) is 224 Å². The summed E-state index contributed by atoms with van der Waals surface area (Å²) >= 11 is 1.88. The minimum Gasteiger partial charge on any atom is -0.310 e. The van der Waals surface area contributed by atoms with Crippen LogP contribution < -0.4 is 4.90 Å². The molecule has 0 bridgehead atoms. The van der Waals surface area contributed by atoms with Crippen molar-refractivity contribution in [3.63, 3.8) is 0 Å². The molecule has 10 aromatic carbocycles. The van der Waals surface area contributed by atoms with Crippen LogP contribution in [0.2, 0.25) is 0 Å². The lowest BCUT2D eigenvalue weighted by Crippen LogP contribution is -2.11. The molecule has 0 atom stereocenters. The Hall–Kier alpha value is -7.26. The molecule has 11 rings (SSSR count). The summed E-state index contributed by atoms with van der Waals surface area (Å²) in [4.78, 5) is 2.41. The molecule has 1 heterocycles. The fourth-order valence-electron chi connectivity index (χ4n) is 8.58. The zero-order chi connectivity index (χ0) is 38.4. The first-order valence-corrected chi connectivity index (χ1v) is 20.6. The highest BCUT2D eigenvalue weighted by Gasteiger charge is 2.19. The van der Waals surface area contributed by atoms with Gasteiger partial charge in [0.05, 0.1) is 5.69 Å². The number of hydrogen-bond acceptors (Lipinski definition) is 2. The maximum Gasteiger partial charge on any atom is 0.0540 e. The zero-order valence-electron chi connectivity index (χ0n) is 31.7. The van der Waals surface area contributed by atoms with Gasteiger partial charge in [-0.15, -0.1) is 11.3 Å². The largest absolute Gasteiger partial charge is 0.310 e. The molecular formula is C56H37NS. The van der Waals surface area contributed by atoms with Gasteiger partial charge in [-0.2, -0.15) is 0 Å². The fourth-order valence-corrected chi connectivity index (χ4v) is 9.82. The van der Waals surface area contributed by atoms with Gasteiger partial charge in [-0.3, -0.25) is 0 Å². The first-order chi connectivity index (χ1) is 28.7. The standard InChI is InChI=1S/C56H37NS/c1-3-12-38(13-4-1)44-29-35-54(53(37-44)40-14-5-2-6-15-40)57(47-32-26-42(27-33-47)50-19-11-20-52-51-18-9-10-21-55(51)58-56(50)52)46-30-24-39(25-31-46)43-28-34-49-45(36-43)23-22-41-16-7-8-17-48(41)49/h1-37H. The van der Waals surface area contributed by atoms with Gasteiger partial charge in [-0.1, -0.05) is 176 Å². The average Bonchev–Trinajstić information content (AvgIpc) is 3.69. The third kappa shape index (κ3) is 6.03. The molecule has 0 spiro atoms. The molecule has 58 heavy (non-hydrogen) atoms. The Balaban J connectivity index is 1.04. The first-order valence-electron chi connectivity index (χ1n) is 19.8. The van der Waals surface area contributed by atoms with Crippen LogP contribution in [-0.2, 0) is 0 Å². The molecule has 0 aliphatic rings. The van der Waals surface area contributed by atoms with Gasteiger partial charge >= 0.3 is 0 Å². The second kappa shape index (κ2) is 14.4. The number of benzene rings is 10. The topological polar surface area (TPSA) is 3.24 Å². The summed E-state index contributed by atoms with van der Waals surface area (Å²) in [5, 5.41) is 7.72. The van der Waals surface area contributed by atoms with Gasteiger partial charge in [-0.05, 0) is 109 Å². The highest BCUT2D eigenvalue weighted by Crippen LogP contribution is 2.45. The summed E-state index contributed by atoms with van der Waals surface area (Å²) in [6, 6.07) is 81.9. The smallest absolute Gasteiger partial charge is 0.0540 e. The second-order valence-electron chi connectivity index (χ2n) is 14.9. The van der Waals surface area contributed by atoms with Crippen LogP contribution >= 0.6 is 11.3 Å². The number of rotatable bonds is 7. The predicted molar refractivity (Wildman–Crippen MR) is 251 cm³/mol. The van der Waals surface area contributed by atoms with Crippen molar-refractivity contribution < 1.29 is 0 Å². The molecule has 0 saturated heterocycles. The van der Waals surface area contributed by atoms with Crippen molar-refractivity contribution in [1.29, 1.82) is 0 Å². The summed E-state index contributed by atoms with van der Waals surface area (Å²) < 4.78 is 2.65. The molecule has 0 saturated carbocycles. The Labute approximate surface area is 342 Å². The predicted octanol–water partition coefficient (Wildman–Crippen LogP) is 16.5. The van der Waals surface area contributed by atoms with Crippen LogP contribution in [0.1, 0.15) is 0 Å². The minimum atomic E-state index is 1.10. The van der Waals surface area contributed by atoms with Gasteiger partial charge in [0.1, 0.15) is 0 Å². The Bertz CT molecular complexity index is 3250. The average molecular weight is 756 g/mol. The summed E-state index contributed by atoms with van der Waals surface area (Å²) in [5.41, 5.74) is 12.9. The fraction of sp³-hybridized carbons (Fsp3) is 0. The summed E-state index contributed by atoms with van der Waals surface area (Å²) in [6.45, 7) is 0. The van der Waals surface area contributed by atoms with Gasteiger partial charge in [0.25, 0.3) is 0 Å². The van der Waals surface area contributed by atoms with Crippen molar-refractivity contribution in [2.24, 2.45) is 0 Å². The van der Waals surface area contributed by atoms with Crippen molar-refractivity contribution in [2.75, 3.05) is 4.90 Å². The van der Waals surface area contributed by atoms with E-state index < -0.39 is 0 Å². The van der Waals surface area contributed by atoms with Crippen LogP contribution in [0.25, 0.3) is 86.2 Å². The van der Waals surface area contributed by atoms with E-state index in [1.54, 1.807) is 0 Å². The van der Waals surface area contributed by atoms with Crippen LogP contribution in [0, 0.1) is 0 Å². The van der Waals surface area contributed by atoms with E-state index in [1.807, 2.05) is 11.3 Å². The van der Waals surface area contributed by atoms with E-state index in [0.29, 0.717) is 0 Å². The molecule has 0 fully saturated rings. The van der Waals surface area contributed by atoms with Crippen molar-refractivity contribution in [3.05, 3.63) is 224 Å². The summed E-state index contributed by atoms with van der Waals surface area (Å²) in [5.74, 6) is 0. The Kier molecular flexibility index (Phi) is 8.42. The van der Waals surface area contributed by atoms with Crippen molar-refractivity contribution in [1.82, 2.24) is 0 Å². The molecular weight excluding hydrogens is 719 g/mol. The Morgan fingerprint density at radius 3 is 1.60 bits per heavy atom. The minimum absolute atomic E-state index is 1.10. The molecule has 2 heteroatoms. The number of hydrogen-bond donors (Lipinski definition) is 0. The number of fused-ring (bicyclic) bond motifs is 6. The quantitative estimate of drug-likeness (QED) is 0.146. The Morgan fingerprint density at radius 2 is 0.828 bits per heavy atom. The molecule has 0 unspecified atom stereocenters. The molecule has 0 aliphatic heterocycles. The van der Waals surface area contributed by atoms with Gasteiger partial charge in [0, 0.05) is 37.1 Å². The number of thiophene rings is 1. The van der Waals surface area contributed by atoms with Crippen LogP contribution in [-0.4, -0.2) is 0 Å². The normalized spacial score (nSPS) is 11.4. The van der Waals surface area contributed by atoms with Gasteiger partial charge in [0.15, 0.2) is 0 Å².